The van der Waals surface area contributed by atoms with Crippen LogP contribution < -0.4 is 0 Å². The van der Waals surface area contributed by atoms with Crippen molar-refractivity contribution in [2.24, 2.45) is 0 Å². The van der Waals surface area contributed by atoms with Crippen LogP contribution in [0.5, 0.6) is 0 Å². The molecular weight excluding hydrogens is 224 g/mol. The van der Waals surface area contributed by atoms with E-state index in [0.29, 0.717) is 5.82 Å². The van der Waals surface area contributed by atoms with Gasteiger partial charge in [-0.3, -0.25) is 4.57 Å². The van der Waals surface area contributed by atoms with E-state index in [1.807, 2.05) is 54.1 Å². The maximum absolute atomic E-state index is 4.56. The predicted molar refractivity (Wildman–Crippen MR) is 71.4 cm³/mol. The number of hydrogen-bond donors (Lipinski definition) is 0. The summed E-state index contributed by atoms with van der Waals surface area (Å²) in [5.74, 6) is 1.56. The molecule has 2 heterocycles. The normalized spacial score (nSPS) is 11.4. The summed E-state index contributed by atoms with van der Waals surface area (Å²) >= 11 is 0. The highest BCUT2D eigenvalue weighted by Crippen LogP contribution is 2.19. The lowest BCUT2D eigenvalue weighted by atomic mass is 10.2. The molecule has 3 aromatic rings. The molecule has 0 N–H and O–H groups in total. The van der Waals surface area contributed by atoms with E-state index in [1.54, 1.807) is 12.5 Å². The minimum atomic E-state index is 0.708. The number of rotatable bonds is 2. The predicted octanol–water partition coefficient (Wildman–Crippen LogP) is 2.85. The van der Waals surface area contributed by atoms with E-state index in [9.17, 15) is 0 Å². The van der Waals surface area contributed by atoms with Crippen molar-refractivity contribution in [3.63, 3.8) is 0 Å². The summed E-state index contributed by atoms with van der Waals surface area (Å²) < 4.78 is 1.90. The Bertz CT molecular complexity index is 699. The largest absolute Gasteiger partial charge is 0.290 e. The standard InChI is InChI=1S/C14H12N4/c1-2-5-13-16-12-7-4-3-6-11(12)14(17-13)18-9-8-15-10-18/h2-10H,1H3/b5-2+. The van der Waals surface area contributed by atoms with E-state index in [4.69, 9.17) is 0 Å². The molecule has 4 heteroatoms. The van der Waals surface area contributed by atoms with Gasteiger partial charge in [-0.15, -0.1) is 0 Å². The molecule has 0 aliphatic heterocycles. The van der Waals surface area contributed by atoms with Crippen LogP contribution in [-0.4, -0.2) is 19.5 Å². The van der Waals surface area contributed by atoms with E-state index in [0.717, 1.165) is 16.7 Å². The molecule has 1 aromatic carbocycles. The van der Waals surface area contributed by atoms with Crippen LogP contribution in [-0.2, 0) is 0 Å². The van der Waals surface area contributed by atoms with Crippen molar-refractivity contribution in [3.05, 3.63) is 54.9 Å². The summed E-state index contributed by atoms with van der Waals surface area (Å²) in [6, 6.07) is 7.97. The highest BCUT2D eigenvalue weighted by molar-refractivity contribution is 5.85. The second kappa shape index (κ2) is 4.41. The monoisotopic (exact) mass is 236 g/mol. The first-order valence-electron chi connectivity index (χ1n) is 5.76. The van der Waals surface area contributed by atoms with Crippen molar-refractivity contribution in [1.82, 2.24) is 19.5 Å². The Morgan fingerprint density at radius 2 is 2.06 bits per heavy atom. The Hall–Kier alpha value is -2.49. The number of hydrogen-bond acceptors (Lipinski definition) is 3. The maximum atomic E-state index is 4.56. The zero-order valence-corrected chi connectivity index (χ0v) is 9.99. The summed E-state index contributed by atoms with van der Waals surface area (Å²) in [5.41, 5.74) is 0.935. The van der Waals surface area contributed by atoms with E-state index in [1.165, 1.54) is 0 Å². The van der Waals surface area contributed by atoms with Crippen LogP contribution in [0.15, 0.2) is 49.1 Å². The summed E-state index contributed by atoms with van der Waals surface area (Å²) in [7, 11) is 0. The molecule has 0 spiro atoms. The van der Waals surface area contributed by atoms with Crippen molar-refractivity contribution in [3.8, 4) is 5.82 Å². The minimum Gasteiger partial charge on any atom is -0.290 e. The Kier molecular flexibility index (Phi) is 2.61. The summed E-state index contributed by atoms with van der Waals surface area (Å²) in [6.07, 6.45) is 9.20. The maximum Gasteiger partial charge on any atom is 0.154 e. The Labute approximate surface area is 105 Å². The molecule has 0 atom stereocenters. The van der Waals surface area contributed by atoms with Crippen molar-refractivity contribution < 1.29 is 0 Å². The lowest BCUT2D eigenvalue weighted by Crippen LogP contribution is -2.00. The van der Waals surface area contributed by atoms with Gasteiger partial charge < -0.3 is 0 Å². The van der Waals surface area contributed by atoms with E-state index in [2.05, 4.69) is 15.0 Å². The number of imidazole rings is 1. The minimum absolute atomic E-state index is 0.708. The third-order valence-electron chi connectivity index (χ3n) is 2.67. The summed E-state index contributed by atoms with van der Waals surface area (Å²) in [6.45, 7) is 1.95. The fraction of sp³-hybridized carbons (Fsp3) is 0.0714. The molecule has 0 aliphatic carbocycles. The molecule has 0 saturated carbocycles. The second-order valence-electron chi connectivity index (χ2n) is 3.89. The van der Waals surface area contributed by atoms with Gasteiger partial charge >= 0.3 is 0 Å². The van der Waals surface area contributed by atoms with E-state index in [-0.39, 0.29) is 0 Å². The molecule has 4 nitrogen and oxygen atoms in total. The Balaban J connectivity index is 2.33. The molecule has 0 bridgehead atoms. The average molecular weight is 236 g/mol. The fourth-order valence-electron chi connectivity index (χ4n) is 1.88. The quantitative estimate of drug-likeness (QED) is 0.687. The van der Waals surface area contributed by atoms with E-state index >= 15 is 0 Å². The molecule has 0 saturated heterocycles. The average Bonchev–Trinajstić information content (AvgIpc) is 2.92. The van der Waals surface area contributed by atoms with Gasteiger partial charge in [-0.1, -0.05) is 18.2 Å². The SMILES string of the molecule is C/C=C/c1nc(-n2ccnc2)c2ccccc2n1. The molecule has 0 amide bonds. The summed E-state index contributed by atoms with van der Waals surface area (Å²) in [4.78, 5) is 13.1. The van der Waals surface area contributed by atoms with Crippen LogP contribution in [0.4, 0.5) is 0 Å². The van der Waals surface area contributed by atoms with Crippen LogP contribution in [0.1, 0.15) is 12.7 Å². The van der Waals surface area contributed by atoms with E-state index < -0.39 is 0 Å². The molecule has 0 aliphatic rings. The highest BCUT2D eigenvalue weighted by atomic mass is 15.1. The smallest absolute Gasteiger partial charge is 0.154 e. The number of allylic oxidation sites excluding steroid dienone is 1. The lowest BCUT2D eigenvalue weighted by Gasteiger charge is -2.07. The first kappa shape index (κ1) is 10.7. The number of aromatic nitrogens is 4. The van der Waals surface area contributed by atoms with Gasteiger partial charge in [0.05, 0.1) is 5.52 Å². The highest BCUT2D eigenvalue weighted by Gasteiger charge is 2.07. The van der Waals surface area contributed by atoms with Gasteiger partial charge in [-0.2, -0.15) is 0 Å². The number of para-hydroxylation sites is 1. The van der Waals surface area contributed by atoms with Crippen LogP contribution in [0.2, 0.25) is 0 Å². The third-order valence-corrected chi connectivity index (χ3v) is 2.67. The number of fused-ring (bicyclic) bond motifs is 1. The van der Waals surface area contributed by atoms with Crippen molar-refractivity contribution in [1.29, 1.82) is 0 Å². The molecule has 88 valence electrons. The first-order chi connectivity index (χ1) is 8.88. The van der Waals surface area contributed by atoms with Crippen LogP contribution in [0.25, 0.3) is 22.8 Å². The van der Waals surface area contributed by atoms with Gasteiger partial charge in [0.25, 0.3) is 0 Å². The zero-order valence-electron chi connectivity index (χ0n) is 9.99. The Morgan fingerprint density at radius 1 is 1.17 bits per heavy atom. The first-order valence-corrected chi connectivity index (χ1v) is 5.76. The number of benzene rings is 1. The van der Waals surface area contributed by atoms with Crippen LogP contribution in [0.3, 0.4) is 0 Å². The zero-order chi connectivity index (χ0) is 12.4. The molecule has 2 aromatic heterocycles. The van der Waals surface area contributed by atoms with Gasteiger partial charge in [0.15, 0.2) is 5.82 Å². The third kappa shape index (κ3) is 1.78. The van der Waals surface area contributed by atoms with Gasteiger partial charge in [0.2, 0.25) is 0 Å². The number of nitrogens with zero attached hydrogens (tertiary/aromatic N) is 4. The van der Waals surface area contributed by atoms with Crippen LogP contribution in [0, 0.1) is 0 Å². The lowest BCUT2D eigenvalue weighted by molar-refractivity contribution is 0.985. The van der Waals surface area contributed by atoms with Crippen molar-refractivity contribution in [2.75, 3.05) is 0 Å². The second-order valence-corrected chi connectivity index (χ2v) is 3.89. The fourth-order valence-corrected chi connectivity index (χ4v) is 1.88. The van der Waals surface area contributed by atoms with Gasteiger partial charge in [-0.05, 0) is 25.1 Å². The Morgan fingerprint density at radius 3 is 2.83 bits per heavy atom. The van der Waals surface area contributed by atoms with Crippen molar-refractivity contribution in [2.45, 2.75) is 6.92 Å². The summed E-state index contributed by atoms with van der Waals surface area (Å²) in [5, 5.41) is 1.02. The van der Waals surface area contributed by atoms with Crippen molar-refractivity contribution >= 4 is 17.0 Å². The van der Waals surface area contributed by atoms with Gasteiger partial charge in [0, 0.05) is 17.8 Å². The molecule has 0 radical (unpaired) electrons. The molecule has 18 heavy (non-hydrogen) atoms. The topological polar surface area (TPSA) is 43.6 Å². The van der Waals surface area contributed by atoms with Crippen LogP contribution >= 0.6 is 0 Å². The van der Waals surface area contributed by atoms with Gasteiger partial charge in [0.1, 0.15) is 12.1 Å². The van der Waals surface area contributed by atoms with Gasteiger partial charge in [-0.25, -0.2) is 15.0 Å². The molecule has 0 unspecified atom stereocenters. The molecule has 3 rings (SSSR count). The molecular formula is C14H12N4. The molecule has 0 fully saturated rings.